The smallest absolute Gasteiger partial charge is 0.330 e. The van der Waals surface area contributed by atoms with Crippen LogP contribution in [0.3, 0.4) is 0 Å². The van der Waals surface area contributed by atoms with E-state index >= 15 is 0 Å². The Morgan fingerprint density at radius 2 is 2.11 bits per heavy atom. The predicted octanol–water partition coefficient (Wildman–Crippen LogP) is 1.25. The molecule has 0 fully saturated rings. The van der Waals surface area contributed by atoms with Crippen molar-refractivity contribution in [2.24, 2.45) is 0 Å². The summed E-state index contributed by atoms with van der Waals surface area (Å²) in [5.74, 6) is -0.468. The van der Waals surface area contributed by atoms with E-state index in [4.69, 9.17) is 10.5 Å². The van der Waals surface area contributed by atoms with Crippen LogP contribution in [0.2, 0.25) is 0 Å². The minimum absolute atomic E-state index is 0.147. The summed E-state index contributed by atoms with van der Waals surface area (Å²) >= 11 is 0. The van der Waals surface area contributed by atoms with Crippen LogP contribution < -0.4 is 5.73 Å². The van der Waals surface area contributed by atoms with Crippen LogP contribution in [0.15, 0.2) is 29.2 Å². The van der Waals surface area contributed by atoms with Gasteiger partial charge in [-0.05, 0) is 30.7 Å². The summed E-state index contributed by atoms with van der Waals surface area (Å²) in [6.07, 6.45) is 3.84. The molecule has 1 rings (SSSR count). The first-order valence-corrected chi connectivity index (χ1v) is 7.18. The lowest BCUT2D eigenvalue weighted by Gasteiger charge is -2.03. The molecule has 0 aliphatic rings. The molecule has 18 heavy (non-hydrogen) atoms. The standard InChI is InChI=1S/C12H15NO4S/c1-3-17-12(14)7-5-9-4-6-10(8-11(9)13)18(2,15)16/h4-8H,3,13H2,1-2H3. The number of benzene rings is 1. The largest absolute Gasteiger partial charge is 0.463 e. The average molecular weight is 269 g/mol. The first-order valence-electron chi connectivity index (χ1n) is 5.29. The number of nitrogens with two attached hydrogens (primary N) is 1. The van der Waals surface area contributed by atoms with Gasteiger partial charge in [0.2, 0.25) is 0 Å². The monoisotopic (exact) mass is 269 g/mol. The lowest BCUT2D eigenvalue weighted by Crippen LogP contribution is -2.01. The zero-order chi connectivity index (χ0) is 13.8. The van der Waals surface area contributed by atoms with Crippen LogP contribution in [0, 0.1) is 0 Å². The van der Waals surface area contributed by atoms with Crippen LogP contribution >= 0.6 is 0 Å². The molecular formula is C12H15NO4S. The van der Waals surface area contributed by atoms with Gasteiger partial charge in [-0.25, -0.2) is 13.2 Å². The Morgan fingerprint density at radius 3 is 2.61 bits per heavy atom. The molecule has 98 valence electrons. The number of rotatable bonds is 4. The summed E-state index contributed by atoms with van der Waals surface area (Å²) in [6, 6.07) is 4.35. The highest BCUT2D eigenvalue weighted by molar-refractivity contribution is 7.90. The van der Waals surface area contributed by atoms with Crippen molar-refractivity contribution in [3.05, 3.63) is 29.8 Å². The molecule has 0 aliphatic carbocycles. The molecule has 6 heteroatoms. The van der Waals surface area contributed by atoms with Gasteiger partial charge in [-0.2, -0.15) is 0 Å². The highest BCUT2D eigenvalue weighted by atomic mass is 32.2. The van der Waals surface area contributed by atoms with Crippen LogP contribution in [0.25, 0.3) is 6.08 Å². The first-order chi connectivity index (χ1) is 8.34. The van der Waals surface area contributed by atoms with Gasteiger partial charge in [0.05, 0.1) is 11.5 Å². The zero-order valence-corrected chi connectivity index (χ0v) is 11.0. The van der Waals surface area contributed by atoms with E-state index in [1.54, 1.807) is 13.0 Å². The summed E-state index contributed by atoms with van der Waals surface area (Å²) in [6.45, 7) is 2.01. The van der Waals surface area contributed by atoms with Gasteiger partial charge >= 0.3 is 5.97 Å². The SMILES string of the molecule is CCOC(=O)C=Cc1ccc(S(C)(=O)=O)cc1N. The Labute approximate surface area is 106 Å². The van der Waals surface area contributed by atoms with Crippen LogP contribution in [0.5, 0.6) is 0 Å². The molecule has 1 aromatic carbocycles. The number of anilines is 1. The van der Waals surface area contributed by atoms with Crippen molar-refractivity contribution < 1.29 is 17.9 Å². The van der Waals surface area contributed by atoms with Gasteiger partial charge in [0.15, 0.2) is 9.84 Å². The Kier molecular flexibility index (Phi) is 4.49. The highest BCUT2D eigenvalue weighted by Crippen LogP contribution is 2.19. The van der Waals surface area contributed by atoms with E-state index < -0.39 is 15.8 Å². The molecule has 0 aromatic heterocycles. The van der Waals surface area contributed by atoms with Crippen LogP contribution in [0.4, 0.5) is 5.69 Å². The van der Waals surface area contributed by atoms with Crippen LogP contribution in [-0.2, 0) is 19.4 Å². The lowest BCUT2D eigenvalue weighted by atomic mass is 10.1. The molecule has 0 unspecified atom stereocenters. The molecule has 0 spiro atoms. The Hall–Kier alpha value is -1.82. The molecule has 0 aliphatic heterocycles. The third kappa shape index (κ3) is 3.89. The van der Waals surface area contributed by atoms with Gasteiger partial charge < -0.3 is 10.5 Å². The molecular weight excluding hydrogens is 254 g/mol. The van der Waals surface area contributed by atoms with E-state index in [0.717, 1.165) is 6.26 Å². The van der Waals surface area contributed by atoms with E-state index in [2.05, 4.69) is 0 Å². The van der Waals surface area contributed by atoms with Gasteiger partial charge in [0, 0.05) is 18.0 Å². The lowest BCUT2D eigenvalue weighted by molar-refractivity contribution is -0.137. The van der Waals surface area contributed by atoms with Crippen molar-refractivity contribution in [3.63, 3.8) is 0 Å². The molecule has 0 atom stereocenters. The molecule has 0 heterocycles. The Morgan fingerprint density at radius 1 is 1.44 bits per heavy atom. The molecule has 0 saturated carbocycles. The van der Waals surface area contributed by atoms with E-state index in [1.165, 1.54) is 24.3 Å². The first kappa shape index (κ1) is 14.2. The zero-order valence-electron chi connectivity index (χ0n) is 10.2. The minimum atomic E-state index is -3.28. The van der Waals surface area contributed by atoms with Gasteiger partial charge in [-0.3, -0.25) is 0 Å². The van der Waals surface area contributed by atoms with Crippen molar-refractivity contribution in [1.29, 1.82) is 0 Å². The Balaban J connectivity index is 2.97. The fourth-order valence-corrected chi connectivity index (χ4v) is 1.94. The summed E-state index contributed by atoms with van der Waals surface area (Å²) in [5.41, 5.74) is 6.57. The fraction of sp³-hybridized carbons (Fsp3) is 0.250. The van der Waals surface area contributed by atoms with Crippen molar-refractivity contribution in [2.75, 3.05) is 18.6 Å². The molecule has 1 aromatic rings. The molecule has 0 bridgehead atoms. The second kappa shape index (κ2) is 5.68. The van der Waals surface area contributed by atoms with Crippen molar-refractivity contribution in [3.8, 4) is 0 Å². The molecule has 0 saturated heterocycles. The third-order valence-corrected chi connectivity index (χ3v) is 3.28. The number of hydrogen-bond donors (Lipinski definition) is 1. The molecule has 5 nitrogen and oxygen atoms in total. The van der Waals surface area contributed by atoms with E-state index in [-0.39, 0.29) is 4.90 Å². The van der Waals surface area contributed by atoms with Gasteiger partial charge in [0.1, 0.15) is 0 Å². The number of carbonyl (C=O) groups excluding carboxylic acids is 1. The summed E-state index contributed by atoms with van der Waals surface area (Å²) < 4.78 is 27.3. The van der Waals surface area contributed by atoms with Crippen LogP contribution in [0.1, 0.15) is 12.5 Å². The highest BCUT2D eigenvalue weighted by Gasteiger charge is 2.08. The maximum absolute atomic E-state index is 11.3. The number of sulfone groups is 1. The summed E-state index contributed by atoms with van der Waals surface area (Å²) in [7, 11) is -3.28. The fourth-order valence-electron chi connectivity index (χ4n) is 1.28. The van der Waals surface area contributed by atoms with Gasteiger partial charge in [-0.15, -0.1) is 0 Å². The number of carbonyl (C=O) groups is 1. The van der Waals surface area contributed by atoms with Crippen molar-refractivity contribution in [2.45, 2.75) is 11.8 Å². The topological polar surface area (TPSA) is 86.5 Å². The van der Waals surface area contributed by atoms with E-state index in [0.29, 0.717) is 17.9 Å². The van der Waals surface area contributed by atoms with Crippen molar-refractivity contribution >= 4 is 27.6 Å². The average Bonchev–Trinajstić information content (AvgIpc) is 2.26. The second-order valence-corrected chi connectivity index (χ2v) is 5.66. The van der Waals surface area contributed by atoms with Gasteiger partial charge in [0.25, 0.3) is 0 Å². The summed E-state index contributed by atoms with van der Waals surface area (Å²) in [4.78, 5) is 11.3. The molecule has 0 amide bonds. The predicted molar refractivity (Wildman–Crippen MR) is 69.6 cm³/mol. The quantitative estimate of drug-likeness (QED) is 0.505. The maximum Gasteiger partial charge on any atom is 0.330 e. The van der Waals surface area contributed by atoms with Gasteiger partial charge in [-0.1, -0.05) is 6.07 Å². The Bertz CT molecular complexity index is 576. The second-order valence-electron chi connectivity index (χ2n) is 3.65. The summed E-state index contributed by atoms with van der Waals surface area (Å²) in [5, 5.41) is 0. The van der Waals surface area contributed by atoms with E-state index in [9.17, 15) is 13.2 Å². The number of hydrogen-bond acceptors (Lipinski definition) is 5. The number of esters is 1. The minimum Gasteiger partial charge on any atom is -0.463 e. The third-order valence-electron chi connectivity index (χ3n) is 2.17. The van der Waals surface area contributed by atoms with Crippen molar-refractivity contribution in [1.82, 2.24) is 0 Å². The normalized spacial score (nSPS) is 11.7. The maximum atomic E-state index is 11.3. The van der Waals surface area contributed by atoms with E-state index in [1.807, 2.05) is 0 Å². The number of nitrogen functional groups attached to an aromatic ring is 1. The van der Waals surface area contributed by atoms with Crippen LogP contribution in [-0.4, -0.2) is 27.2 Å². The molecule has 0 radical (unpaired) electrons. The number of ether oxygens (including phenoxy) is 1. The molecule has 2 N–H and O–H groups in total.